The van der Waals surface area contributed by atoms with Gasteiger partial charge in [-0.15, -0.1) is 0 Å². The molecule has 1 N–H and O–H groups in total. The highest BCUT2D eigenvalue weighted by Gasteiger charge is 2.54. The predicted octanol–water partition coefficient (Wildman–Crippen LogP) is 2.30. The smallest absolute Gasteiger partial charge is 0.254 e. The standard InChI is InChI=1S/C28H25N3O4/c1-35-23-4-2-3-20(15-23)6-5-19-7-9-21(10-8-19)27-24-16-30(17-26(33)31(24)25(27)18-32)28(34)22-11-13-29-14-12-22/h2-4,7-15,24-25,27,32H,16-18H2,1H3/t24-,25-,27-/m0/s1. The number of nitrogens with zero attached hydrogens (tertiary/aromatic N) is 3. The molecule has 5 rings (SSSR count). The summed E-state index contributed by atoms with van der Waals surface area (Å²) in [6.07, 6.45) is 3.13. The summed E-state index contributed by atoms with van der Waals surface area (Å²) >= 11 is 0. The van der Waals surface area contributed by atoms with Crippen LogP contribution in [0.15, 0.2) is 73.1 Å². The summed E-state index contributed by atoms with van der Waals surface area (Å²) in [5.74, 6) is 6.69. The number of hydrogen-bond donors (Lipinski definition) is 1. The van der Waals surface area contributed by atoms with E-state index in [1.807, 2.05) is 48.5 Å². The van der Waals surface area contributed by atoms with Crippen molar-refractivity contribution in [1.82, 2.24) is 14.8 Å². The van der Waals surface area contributed by atoms with Crippen molar-refractivity contribution in [1.29, 1.82) is 0 Å². The number of amides is 2. The van der Waals surface area contributed by atoms with Crippen molar-refractivity contribution in [3.05, 3.63) is 95.3 Å². The Balaban J connectivity index is 1.34. The predicted molar refractivity (Wildman–Crippen MR) is 130 cm³/mol. The quantitative estimate of drug-likeness (QED) is 0.596. The molecule has 2 amide bonds. The average Bonchev–Trinajstić information content (AvgIpc) is 2.89. The Morgan fingerprint density at radius 1 is 1.09 bits per heavy atom. The van der Waals surface area contributed by atoms with E-state index in [0.717, 1.165) is 22.4 Å². The molecule has 2 aliphatic heterocycles. The van der Waals surface area contributed by atoms with E-state index in [-0.39, 0.29) is 43.0 Å². The first-order valence-corrected chi connectivity index (χ1v) is 11.5. The van der Waals surface area contributed by atoms with Gasteiger partial charge < -0.3 is 19.6 Å². The zero-order valence-electron chi connectivity index (χ0n) is 19.3. The lowest BCUT2D eigenvalue weighted by Crippen LogP contribution is -2.73. The van der Waals surface area contributed by atoms with E-state index in [4.69, 9.17) is 4.74 Å². The number of carbonyl (C=O) groups is 2. The summed E-state index contributed by atoms with van der Waals surface area (Å²) in [5, 5.41) is 10.0. The van der Waals surface area contributed by atoms with Crippen LogP contribution in [-0.4, -0.2) is 70.6 Å². The van der Waals surface area contributed by atoms with E-state index < -0.39 is 0 Å². The largest absolute Gasteiger partial charge is 0.497 e. The lowest BCUT2D eigenvalue weighted by atomic mass is 9.73. The molecule has 0 unspecified atom stereocenters. The maximum Gasteiger partial charge on any atom is 0.254 e. The van der Waals surface area contributed by atoms with Gasteiger partial charge in [-0.3, -0.25) is 14.6 Å². The molecule has 3 heterocycles. The highest BCUT2D eigenvalue weighted by molar-refractivity contribution is 5.97. The Morgan fingerprint density at radius 3 is 2.54 bits per heavy atom. The maximum absolute atomic E-state index is 12.9. The van der Waals surface area contributed by atoms with Crippen LogP contribution in [0, 0.1) is 11.8 Å². The van der Waals surface area contributed by atoms with E-state index in [9.17, 15) is 14.7 Å². The second-order valence-electron chi connectivity index (χ2n) is 8.67. The van der Waals surface area contributed by atoms with Crippen molar-refractivity contribution in [2.75, 3.05) is 26.8 Å². The highest BCUT2D eigenvalue weighted by Crippen LogP contribution is 2.43. The highest BCUT2D eigenvalue weighted by atomic mass is 16.5. The lowest BCUT2D eigenvalue weighted by Gasteiger charge is -2.58. The van der Waals surface area contributed by atoms with E-state index in [2.05, 4.69) is 16.8 Å². The van der Waals surface area contributed by atoms with Gasteiger partial charge in [-0.05, 0) is 48.0 Å². The molecule has 3 aromatic rings. The van der Waals surface area contributed by atoms with E-state index in [0.29, 0.717) is 12.1 Å². The molecule has 35 heavy (non-hydrogen) atoms. The molecule has 7 nitrogen and oxygen atoms in total. The number of pyridine rings is 1. The fourth-order valence-corrected chi connectivity index (χ4v) is 4.97. The fourth-order valence-electron chi connectivity index (χ4n) is 4.97. The molecule has 176 valence electrons. The Labute approximate surface area is 204 Å². The van der Waals surface area contributed by atoms with Crippen LogP contribution < -0.4 is 4.74 Å². The van der Waals surface area contributed by atoms with Gasteiger partial charge in [0, 0.05) is 41.5 Å². The number of piperazine rings is 1. The van der Waals surface area contributed by atoms with Gasteiger partial charge in [0.25, 0.3) is 5.91 Å². The van der Waals surface area contributed by atoms with E-state index >= 15 is 0 Å². The van der Waals surface area contributed by atoms with Crippen molar-refractivity contribution in [2.24, 2.45) is 0 Å². The molecule has 2 saturated heterocycles. The molecule has 0 spiro atoms. The molecule has 3 atom stereocenters. The monoisotopic (exact) mass is 467 g/mol. The molecule has 2 aromatic carbocycles. The summed E-state index contributed by atoms with van der Waals surface area (Å²) in [4.78, 5) is 33.1. The molecule has 0 aliphatic carbocycles. The molecule has 0 radical (unpaired) electrons. The first-order chi connectivity index (χ1) is 17.1. The molecule has 2 fully saturated rings. The Bertz CT molecular complexity index is 1300. The number of aliphatic hydroxyl groups is 1. The first kappa shape index (κ1) is 22.6. The van der Waals surface area contributed by atoms with Crippen LogP contribution in [0.5, 0.6) is 5.75 Å². The lowest BCUT2D eigenvalue weighted by molar-refractivity contribution is -0.159. The average molecular weight is 468 g/mol. The van der Waals surface area contributed by atoms with Gasteiger partial charge in [-0.1, -0.05) is 30.0 Å². The fraction of sp³-hybridized carbons (Fsp3) is 0.250. The topological polar surface area (TPSA) is 83.0 Å². The van der Waals surface area contributed by atoms with Crippen LogP contribution in [0.3, 0.4) is 0 Å². The maximum atomic E-state index is 12.9. The van der Waals surface area contributed by atoms with Crippen molar-refractivity contribution >= 4 is 11.8 Å². The summed E-state index contributed by atoms with van der Waals surface area (Å²) < 4.78 is 5.24. The van der Waals surface area contributed by atoms with Gasteiger partial charge in [-0.2, -0.15) is 0 Å². The summed E-state index contributed by atoms with van der Waals surface area (Å²) in [7, 11) is 1.63. The molecular weight excluding hydrogens is 442 g/mol. The van der Waals surface area contributed by atoms with Crippen molar-refractivity contribution < 1.29 is 19.4 Å². The second-order valence-corrected chi connectivity index (χ2v) is 8.67. The van der Waals surface area contributed by atoms with Crippen LogP contribution in [-0.2, 0) is 4.79 Å². The number of hydrogen-bond acceptors (Lipinski definition) is 5. The molecule has 1 aromatic heterocycles. The third kappa shape index (κ3) is 4.36. The van der Waals surface area contributed by atoms with Gasteiger partial charge in [-0.25, -0.2) is 0 Å². The van der Waals surface area contributed by atoms with Gasteiger partial charge >= 0.3 is 0 Å². The minimum Gasteiger partial charge on any atom is -0.497 e. The number of fused-ring (bicyclic) bond motifs is 1. The Kier molecular flexibility index (Phi) is 6.21. The summed E-state index contributed by atoms with van der Waals surface area (Å²) in [6.45, 7) is 0.313. The number of aliphatic hydroxyl groups excluding tert-OH is 1. The molecular formula is C28H25N3O4. The van der Waals surface area contributed by atoms with Gasteiger partial charge in [0.2, 0.25) is 5.91 Å². The van der Waals surface area contributed by atoms with Gasteiger partial charge in [0.05, 0.1) is 25.8 Å². The van der Waals surface area contributed by atoms with Crippen LogP contribution in [0.1, 0.15) is 33.0 Å². The minimum absolute atomic E-state index is 0.0136. The minimum atomic E-state index is -0.292. The molecule has 0 saturated carbocycles. The number of rotatable bonds is 4. The van der Waals surface area contributed by atoms with Gasteiger partial charge in [0.1, 0.15) is 12.3 Å². The number of ether oxygens (including phenoxy) is 1. The Hall–Kier alpha value is -4.15. The van der Waals surface area contributed by atoms with E-state index in [1.165, 1.54) is 0 Å². The van der Waals surface area contributed by atoms with Gasteiger partial charge in [0.15, 0.2) is 0 Å². The number of aromatic nitrogens is 1. The number of benzene rings is 2. The van der Waals surface area contributed by atoms with Crippen LogP contribution in [0.2, 0.25) is 0 Å². The normalized spacial score (nSPS) is 20.9. The van der Waals surface area contributed by atoms with Crippen molar-refractivity contribution in [3.63, 3.8) is 0 Å². The summed E-state index contributed by atoms with van der Waals surface area (Å²) in [6, 6.07) is 18.3. The Morgan fingerprint density at radius 2 is 1.83 bits per heavy atom. The molecule has 0 bridgehead atoms. The van der Waals surface area contributed by atoms with Crippen LogP contribution in [0.4, 0.5) is 0 Å². The SMILES string of the molecule is COc1cccc(C#Cc2ccc([C@@H]3[C@H](CO)N4C(=O)CN(C(=O)c5ccncc5)C[C@@H]34)cc2)c1. The van der Waals surface area contributed by atoms with Crippen LogP contribution >= 0.6 is 0 Å². The third-order valence-electron chi connectivity index (χ3n) is 6.68. The first-order valence-electron chi connectivity index (χ1n) is 11.5. The second kappa shape index (κ2) is 9.61. The summed E-state index contributed by atoms with van der Waals surface area (Å²) in [5.41, 5.74) is 3.25. The van der Waals surface area contributed by atoms with Crippen molar-refractivity contribution in [2.45, 2.75) is 18.0 Å². The third-order valence-corrected chi connectivity index (χ3v) is 6.68. The molecule has 7 heteroatoms. The zero-order chi connectivity index (χ0) is 24.4. The van der Waals surface area contributed by atoms with E-state index in [1.54, 1.807) is 41.4 Å². The van der Waals surface area contributed by atoms with Crippen molar-refractivity contribution in [3.8, 4) is 17.6 Å². The molecule has 2 aliphatic rings. The number of methoxy groups -OCH3 is 1. The van der Waals surface area contributed by atoms with Crippen LogP contribution in [0.25, 0.3) is 0 Å². The number of carbonyl (C=O) groups excluding carboxylic acids is 2. The zero-order valence-corrected chi connectivity index (χ0v) is 19.3.